The number of carbonyl (C=O) groups is 1. The number of halogens is 2. The Morgan fingerprint density at radius 1 is 1.23 bits per heavy atom. The minimum absolute atomic E-state index is 0.0361. The average Bonchev–Trinajstić information content (AvgIpc) is 3.30. The Bertz CT molecular complexity index is 916. The van der Waals surface area contributed by atoms with Crippen LogP contribution in [0.4, 0.5) is 14.5 Å². The molecule has 1 amide bonds. The van der Waals surface area contributed by atoms with E-state index in [1.54, 1.807) is 19.1 Å². The molecule has 0 bridgehead atoms. The summed E-state index contributed by atoms with van der Waals surface area (Å²) in [4.78, 5) is 16.9. The van der Waals surface area contributed by atoms with Crippen molar-refractivity contribution in [3.05, 3.63) is 29.3 Å². The lowest BCUT2D eigenvalue weighted by atomic mass is 9.61. The highest BCUT2D eigenvalue weighted by Crippen LogP contribution is 2.60. The molecule has 0 aromatic heterocycles. The molecule has 1 aromatic carbocycles. The molecule has 1 aromatic rings. The summed E-state index contributed by atoms with van der Waals surface area (Å²) in [5.41, 5.74) is 1.56. The number of nitrogens with zero attached hydrogens (tertiary/aromatic N) is 2. The van der Waals surface area contributed by atoms with Gasteiger partial charge in [-0.05, 0) is 67.6 Å². The molecule has 2 saturated heterocycles. The molecule has 2 spiro atoms. The van der Waals surface area contributed by atoms with Crippen LogP contribution in [0.3, 0.4) is 0 Å². The van der Waals surface area contributed by atoms with E-state index in [1.165, 1.54) is 4.90 Å². The maximum absolute atomic E-state index is 13.8. The lowest BCUT2D eigenvalue weighted by Gasteiger charge is -2.46. The smallest absolute Gasteiger partial charge is 0.266 e. The standard InChI is InChI=1S/C22H27F2N3O2S/c1-26-18(28)22(25-19(26)30)17-11-15(27-10-9-21(23,24)13-27)4-3-14(17)12-20(22)7-5-16(29-2)6-8-20/h3-4,11,16H,5-10,12-13H2,1-2H3,(H,25,30). The number of benzene rings is 1. The number of hydrogen-bond donors (Lipinski definition) is 1. The number of anilines is 1. The highest BCUT2D eigenvalue weighted by Gasteiger charge is 2.66. The number of ether oxygens (including phenoxy) is 1. The topological polar surface area (TPSA) is 44.8 Å². The fourth-order valence-corrected chi connectivity index (χ4v) is 6.35. The Balaban J connectivity index is 1.59. The Hall–Kier alpha value is -1.80. The second kappa shape index (κ2) is 6.60. The molecule has 2 aliphatic carbocycles. The quantitative estimate of drug-likeness (QED) is 0.723. The van der Waals surface area contributed by atoms with E-state index in [1.807, 2.05) is 18.2 Å². The van der Waals surface area contributed by atoms with Gasteiger partial charge in [-0.1, -0.05) is 6.07 Å². The third-order valence-corrected chi connectivity index (χ3v) is 8.18. The highest BCUT2D eigenvalue weighted by atomic mass is 32.1. The molecule has 1 atom stereocenters. The van der Waals surface area contributed by atoms with Crippen molar-refractivity contribution in [3.63, 3.8) is 0 Å². The summed E-state index contributed by atoms with van der Waals surface area (Å²) in [6.07, 6.45) is 4.34. The molecule has 8 heteroatoms. The van der Waals surface area contributed by atoms with Crippen molar-refractivity contribution >= 4 is 28.9 Å². The zero-order valence-corrected chi connectivity index (χ0v) is 18.2. The van der Waals surface area contributed by atoms with Crippen LogP contribution in [-0.4, -0.2) is 55.2 Å². The van der Waals surface area contributed by atoms with Crippen LogP contribution in [0.15, 0.2) is 18.2 Å². The largest absolute Gasteiger partial charge is 0.381 e. The van der Waals surface area contributed by atoms with Crippen LogP contribution >= 0.6 is 12.2 Å². The van der Waals surface area contributed by atoms with E-state index in [4.69, 9.17) is 17.0 Å². The molecule has 162 valence electrons. The maximum atomic E-state index is 13.8. The molecule has 4 aliphatic rings. The van der Waals surface area contributed by atoms with E-state index in [9.17, 15) is 13.6 Å². The number of amides is 1. The van der Waals surface area contributed by atoms with Gasteiger partial charge in [-0.25, -0.2) is 8.78 Å². The van der Waals surface area contributed by atoms with Crippen LogP contribution in [0, 0.1) is 5.41 Å². The molecule has 1 N–H and O–H groups in total. The number of nitrogens with one attached hydrogen (secondary N) is 1. The van der Waals surface area contributed by atoms with Gasteiger partial charge in [-0.2, -0.15) is 0 Å². The van der Waals surface area contributed by atoms with Crippen LogP contribution in [-0.2, 0) is 21.5 Å². The van der Waals surface area contributed by atoms with Crippen LogP contribution < -0.4 is 10.2 Å². The van der Waals surface area contributed by atoms with E-state index < -0.39 is 11.5 Å². The minimum Gasteiger partial charge on any atom is -0.381 e. The van der Waals surface area contributed by atoms with E-state index in [0.717, 1.165) is 48.9 Å². The summed E-state index contributed by atoms with van der Waals surface area (Å²) in [6.45, 7) is 0.0400. The Morgan fingerprint density at radius 3 is 2.53 bits per heavy atom. The van der Waals surface area contributed by atoms with Gasteiger partial charge in [0.25, 0.3) is 11.8 Å². The van der Waals surface area contributed by atoms with Crippen molar-refractivity contribution in [2.45, 2.75) is 56.1 Å². The van der Waals surface area contributed by atoms with Crippen molar-refractivity contribution in [2.75, 3.05) is 32.1 Å². The normalized spacial score (nSPS) is 34.9. The summed E-state index contributed by atoms with van der Waals surface area (Å²) >= 11 is 5.49. The number of fused-ring (bicyclic) bond motifs is 3. The van der Waals surface area contributed by atoms with Crippen molar-refractivity contribution < 1.29 is 18.3 Å². The van der Waals surface area contributed by atoms with Crippen molar-refractivity contribution in [1.29, 1.82) is 0 Å². The van der Waals surface area contributed by atoms with Gasteiger partial charge in [0.15, 0.2) is 10.7 Å². The van der Waals surface area contributed by atoms with Gasteiger partial charge in [0.2, 0.25) is 0 Å². The Kier molecular flexibility index (Phi) is 4.42. The van der Waals surface area contributed by atoms with Gasteiger partial charge in [0.1, 0.15) is 0 Å². The molecule has 2 heterocycles. The van der Waals surface area contributed by atoms with E-state index in [0.29, 0.717) is 11.7 Å². The molecular weight excluding hydrogens is 408 g/mol. The van der Waals surface area contributed by atoms with Gasteiger partial charge >= 0.3 is 0 Å². The minimum atomic E-state index is -2.67. The van der Waals surface area contributed by atoms with Crippen LogP contribution in [0.1, 0.15) is 43.2 Å². The highest BCUT2D eigenvalue weighted by molar-refractivity contribution is 7.80. The van der Waals surface area contributed by atoms with Gasteiger partial charge < -0.3 is 15.0 Å². The monoisotopic (exact) mass is 435 g/mol. The number of thiocarbonyl (C=S) groups is 1. The van der Waals surface area contributed by atoms with Gasteiger partial charge in [-0.15, -0.1) is 0 Å². The third kappa shape index (κ3) is 2.65. The molecular formula is C22H27F2N3O2S. The first-order valence-electron chi connectivity index (χ1n) is 10.6. The van der Waals surface area contributed by atoms with Crippen LogP contribution in [0.5, 0.6) is 0 Å². The van der Waals surface area contributed by atoms with Crippen molar-refractivity contribution in [1.82, 2.24) is 10.2 Å². The molecule has 30 heavy (non-hydrogen) atoms. The molecule has 5 nitrogen and oxygen atoms in total. The second-order valence-corrected chi connectivity index (χ2v) is 9.69. The van der Waals surface area contributed by atoms with Crippen LogP contribution in [0.25, 0.3) is 0 Å². The number of likely N-dealkylation sites (N-methyl/N-ethyl adjacent to an activating group) is 1. The zero-order chi connectivity index (χ0) is 21.3. The first-order chi connectivity index (χ1) is 14.2. The lowest BCUT2D eigenvalue weighted by molar-refractivity contribution is -0.137. The van der Waals surface area contributed by atoms with E-state index in [-0.39, 0.29) is 30.4 Å². The maximum Gasteiger partial charge on any atom is 0.266 e. The fraction of sp³-hybridized carbons (Fsp3) is 0.636. The summed E-state index contributed by atoms with van der Waals surface area (Å²) in [7, 11) is 3.45. The number of hydrogen-bond acceptors (Lipinski definition) is 4. The molecule has 2 aliphatic heterocycles. The molecule has 3 fully saturated rings. The van der Waals surface area contributed by atoms with Crippen molar-refractivity contribution in [2.24, 2.45) is 5.41 Å². The summed E-state index contributed by atoms with van der Waals surface area (Å²) < 4.78 is 33.2. The first-order valence-corrected chi connectivity index (χ1v) is 11.0. The molecule has 1 saturated carbocycles. The summed E-state index contributed by atoms with van der Waals surface area (Å²) in [5, 5.41) is 3.84. The number of methoxy groups -OCH3 is 1. The zero-order valence-electron chi connectivity index (χ0n) is 17.3. The molecule has 1 unspecified atom stereocenters. The fourth-order valence-electron chi connectivity index (χ4n) is 6.12. The van der Waals surface area contributed by atoms with Gasteiger partial charge in [0, 0.05) is 38.2 Å². The SMILES string of the molecule is COC1CCC2(CC1)Cc1ccc(N3CCC(F)(F)C3)cc1C21NC(=S)N(C)C1=O. The summed E-state index contributed by atoms with van der Waals surface area (Å²) in [5.74, 6) is -2.70. The Labute approximate surface area is 180 Å². The third-order valence-electron chi connectivity index (χ3n) is 7.80. The predicted molar refractivity (Wildman–Crippen MR) is 114 cm³/mol. The van der Waals surface area contributed by atoms with Crippen molar-refractivity contribution in [3.8, 4) is 0 Å². The lowest BCUT2D eigenvalue weighted by Crippen LogP contribution is -2.56. The molecule has 5 rings (SSSR count). The van der Waals surface area contributed by atoms with Crippen LogP contribution in [0.2, 0.25) is 0 Å². The van der Waals surface area contributed by atoms with E-state index >= 15 is 0 Å². The predicted octanol–water partition coefficient (Wildman–Crippen LogP) is 3.21. The molecule has 0 radical (unpaired) electrons. The average molecular weight is 436 g/mol. The number of rotatable bonds is 2. The first kappa shape index (κ1) is 20.1. The summed E-state index contributed by atoms with van der Waals surface area (Å²) in [6, 6.07) is 5.91. The van der Waals surface area contributed by atoms with Gasteiger partial charge in [-0.3, -0.25) is 9.69 Å². The second-order valence-electron chi connectivity index (χ2n) is 9.31. The number of carbonyl (C=O) groups excluding carboxylic acids is 1. The number of alkyl halides is 2. The Morgan fingerprint density at radius 2 is 1.97 bits per heavy atom. The van der Waals surface area contributed by atoms with Gasteiger partial charge in [0.05, 0.1) is 12.6 Å². The van der Waals surface area contributed by atoms with E-state index in [2.05, 4.69) is 5.32 Å².